The molecule has 1 aliphatic rings. The van der Waals surface area contributed by atoms with Gasteiger partial charge in [-0.05, 0) is 25.7 Å². The molecule has 136 valence electrons. The minimum Gasteiger partial charge on any atom is -0.467 e. The zero-order valence-electron chi connectivity index (χ0n) is 14.2. The van der Waals surface area contributed by atoms with Gasteiger partial charge in [0.1, 0.15) is 6.61 Å². The first-order valence-electron chi connectivity index (χ1n) is 8.28. The fourth-order valence-corrected chi connectivity index (χ4v) is 3.58. The second-order valence-corrected chi connectivity index (χ2v) is 6.99. The van der Waals surface area contributed by atoms with Gasteiger partial charge in [0.25, 0.3) is 5.56 Å². The van der Waals surface area contributed by atoms with E-state index in [-0.39, 0.29) is 35.8 Å². The maximum Gasteiger partial charge on any atom is 0.331 e. The Morgan fingerprint density at radius 3 is 3.04 bits per heavy atom. The first-order chi connectivity index (χ1) is 12.1. The highest BCUT2D eigenvalue weighted by Crippen LogP contribution is 2.32. The van der Waals surface area contributed by atoms with Gasteiger partial charge in [-0.1, -0.05) is 23.9 Å². The molecule has 0 spiro atoms. The highest BCUT2D eigenvalue weighted by atomic mass is 32.2. The van der Waals surface area contributed by atoms with Gasteiger partial charge in [0.2, 0.25) is 0 Å². The Labute approximate surface area is 148 Å². The molecule has 0 bridgehead atoms. The molecule has 10 heteroatoms. The van der Waals surface area contributed by atoms with E-state index in [9.17, 15) is 9.59 Å². The molecule has 0 aromatic carbocycles. The van der Waals surface area contributed by atoms with Crippen LogP contribution >= 0.6 is 11.8 Å². The summed E-state index contributed by atoms with van der Waals surface area (Å²) in [4.78, 5) is 30.6. The summed E-state index contributed by atoms with van der Waals surface area (Å²) >= 11 is 1.51. The summed E-state index contributed by atoms with van der Waals surface area (Å²) < 4.78 is 11.9. The van der Waals surface area contributed by atoms with Crippen LogP contribution in [0.15, 0.2) is 9.95 Å². The van der Waals surface area contributed by atoms with Crippen LogP contribution in [0, 0.1) is 0 Å². The van der Waals surface area contributed by atoms with Crippen LogP contribution in [-0.4, -0.2) is 56.5 Å². The standard InChI is InChI=1S/C15H21N5O4S/c1-3-6-25-15-16-13-12(14(22)17-15)18-19-20(13)9-4-5-10(7-9)24-8-11(21)23-2/h9-10H,3-8H2,1-2H3,(H,16,17,22). The third-order valence-electron chi connectivity index (χ3n) is 4.12. The summed E-state index contributed by atoms with van der Waals surface area (Å²) in [5.41, 5.74) is 0.479. The van der Waals surface area contributed by atoms with Crippen molar-refractivity contribution in [3.8, 4) is 0 Å². The Hall–Kier alpha value is -1.94. The molecule has 1 saturated carbocycles. The van der Waals surface area contributed by atoms with Gasteiger partial charge in [-0.15, -0.1) is 5.10 Å². The van der Waals surface area contributed by atoms with Gasteiger partial charge in [-0.25, -0.2) is 14.5 Å². The number of hydrogen-bond donors (Lipinski definition) is 1. The predicted octanol–water partition coefficient (Wildman–Crippen LogP) is 1.30. The van der Waals surface area contributed by atoms with Gasteiger partial charge in [-0.3, -0.25) is 9.78 Å². The maximum absolute atomic E-state index is 12.2. The largest absolute Gasteiger partial charge is 0.467 e. The molecule has 2 heterocycles. The number of nitrogens with one attached hydrogen (secondary N) is 1. The molecule has 0 radical (unpaired) electrons. The number of carbonyl (C=O) groups is 1. The Morgan fingerprint density at radius 1 is 1.44 bits per heavy atom. The number of methoxy groups -OCH3 is 1. The van der Waals surface area contributed by atoms with Crippen molar-refractivity contribution in [3.63, 3.8) is 0 Å². The maximum atomic E-state index is 12.2. The van der Waals surface area contributed by atoms with Gasteiger partial charge in [0.15, 0.2) is 16.3 Å². The number of fused-ring (bicyclic) bond motifs is 1. The zero-order chi connectivity index (χ0) is 17.8. The molecular formula is C15H21N5O4S. The van der Waals surface area contributed by atoms with Crippen LogP contribution in [0.5, 0.6) is 0 Å². The number of thioether (sulfide) groups is 1. The van der Waals surface area contributed by atoms with Crippen LogP contribution in [0.3, 0.4) is 0 Å². The van der Waals surface area contributed by atoms with Gasteiger partial charge in [0.05, 0.1) is 19.3 Å². The summed E-state index contributed by atoms with van der Waals surface area (Å²) in [6.45, 7) is 2.02. The summed E-state index contributed by atoms with van der Waals surface area (Å²) in [5.74, 6) is 0.489. The molecule has 2 atom stereocenters. The zero-order valence-corrected chi connectivity index (χ0v) is 15.0. The first kappa shape index (κ1) is 17.9. The lowest BCUT2D eigenvalue weighted by Crippen LogP contribution is -2.18. The highest BCUT2D eigenvalue weighted by Gasteiger charge is 2.30. The van der Waals surface area contributed by atoms with Crippen LogP contribution < -0.4 is 5.56 Å². The molecule has 2 aromatic heterocycles. The van der Waals surface area contributed by atoms with Crippen LogP contribution in [0.4, 0.5) is 0 Å². The van der Waals surface area contributed by atoms with E-state index in [1.54, 1.807) is 4.68 Å². The minimum absolute atomic E-state index is 0.0423. The summed E-state index contributed by atoms with van der Waals surface area (Å²) in [6, 6.07) is 0.0472. The van der Waals surface area contributed by atoms with Crippen molar-refractivity contribution in [1.82, 2.24) is 25.0 Å². The van der Waals surface area contributed by atoms with E-state index in [2.05, 4.69) is 31.9 Å². The third kappa shape index (κ3) is 4.01. The van der Waals surface area contributed by atoms with Crippen molar-refractivity contribution < 1.29 is 14.3 Å². The average molecular weight is 367 g/mol. The minimum atomic E-state index is -0.388. The molecule has 1 fully saturated rings. The Balaban J connectivity index is 1.76. The average Bonchev–Trinajstić information content (AvgIpc) is 3.24. The molecule has 1 aliphatic carbocycles. The van der Waals surface area contributed by atoms with E-state index in [4.69, 9.17) is 4.74 Å². The number of hydrogen-bond acceptors (Lipinski definition) is 8. The lowest BCUT2D eigenvalue weighted by atomic mass is 10.2. The molecule has 0 aliphatic heterocycles. The molecule has 9 nitrogen and oxygen atoms in total. The SMILES string of the molecule is CCCSc1nc2c(nnn2C2CCC(OCC(=O)OC)C2)c(=O)[nH]1. The number of aromatic amines is 1. The van der Waals surface area contributed by atoms with Crippen LogP contribution in [0.25, 0.3) is 11.2 Å². The van der Waals surface area contributed by atoms with Crippen molar-refractivity contribution in [3.05, 3.63) is 10.4 Å². The molecule has 0 saturated heterocycles. The number of H-pyrrole nitrogens is 1. The van der Waals surface area contributed by atoms with Crippen molar-refractivity contribution in [2.75, 3.05) is 19.5 Å². The summed E-state index contributed by atoms with van der Waals surface area (Å²) in [5, 5.41) is 8.70. The van der Waals surface area contributed by atoms with Crippen molar-refractivity contribution in [1.29, 1.82) is 0 Å². The predicted molar refractivity (Wildman–Crippen MR) is 91.6 cm³/mol. The third-order valence-corrected chi connectivity index (χ3v) is 5.20. The highest BCUT2D eigenvalue weighted by molar-refractivity contribution is 7.99. The Kier molecular flexibility index (Phi) is 5.69. The Bertz CT molecular complexity index is 805. The summed E-state index contributed by atoms with van der Waals surface area (Å²) in [7, 11) is 1.34. The van der Waals surface area contributed by atoms with Crippen LogP contribution in [-0.2, 0) is 14.3 Å². The smallest absolute Gasteiger partial charge is 0.331 e. The Morgan fingerprint density at radius 2 is 2.28 bits per heavy atom. The molecule has 2 aromatic rings. The first-order valence-corrected chi connectivity index (χ1v) is 9.27. The van der Waals surface area contributed by atoms with Crippen LogP contribution in [0.2, 0.25) is 0 Å². The molecular weight excluding hydrogens is 346 g/mol. The number of aromatic nitrogens is 5. The molecule has 2 unspecified atom stereocenters. The van der Waals surface area contributed by atoms with Gasteiger partial charge in [0, 0.05) is 5.75 Å². The number of nitrogens with zero attached hydrogens (tertiary/aromatic N) is 4. The number of rotatable bonds is 7. The fourth-order valence-electron chi connectivity index (χ4n) is 2.87. The van der Waals surface area contributed by atoms with E-state index >= 15 is 0 Å². The van der Waals surface area contributed by atoms with E-state index in [1.165, 1.54) is 18.9 Å². The van der Waals surface area contributed by atoms with Crippen molar-refractivity contribution in [2.24, 2.45) is 0 Å². The molecule has 0 amide bonds. The molecule has 3 rings (SSSR count). The summed E-state index contributed by atoms with van der Waals surface area (Å²) in [6.07, 6.45) is 3.28. The van der Waals surface area contributed by atoms with E-state index < -0.39 is 0 Å². The van der Waals surface area contributed by atoms with Gasteiger partial charge in [-0.2, -0.15) is 0 Å². The quantitative estimate of drug-likeness (QED) is 0.443. The fraction of sp³-hybridized carbons (Fsp3) is 0.667. The monoisotopic (exact) mass is 367 g/mol. The number of esters is 1. The van der Waals surface area contributed by atoms with Crippen molar-refractivity contribution in [2.45, 2.75) is 49.9 Å². The van der Waals surface area contributed by atoms with Gasteiger partial charge >= 0.3 is 5.97 Å². The lowest BCUT2D eigenvalue weighted by molar-refractivity contribution is -0.147. The second kappa shape index (κ2) is 7.96. The topological polar surface area (TPSA) is 112 Å². The normalized spacial score (nSPS) is 20.2. The molecule has 25 heavy (non-hydrogen) atoms. The van der Waals surface area contributed by atoms with E-state index in [0.717, 1.165) is 25.0 Å². The molecule has 1 N–H and O–H groups in total. The number of carbonyl (C=O) groups excluding carboxylic acids is 1. The lowest BCUT2D eigenvalue weighted by Gasteiger charge is -2.12. The van der Waals surface area contributed by atoms with Gasteiger partial charge < -0.3 is 9.47 Å². The van der Waals surface area contributed by atoms with Crippen molar-refractivity contribution >= 4 is 28.9 Å². The van der Waals surface area contributed by atoms with E-state index in [0.29, 0.717) is 17.2 Å². The second-order valence-electron chi connectivity index (χ2n) is 5.90. The van der Waals surface area contributed by atoms with Crippen LogP contribution in [0.1, 0.15) is 38.6 Å². The number of ether oxygens (including phenoxy) is 2. The van der Waals surface area contributed by atoms with E-state index in [1.807, 2.05) is 0 Å².